The monoisotopic (exact) mass is 322 g/mol. The summed E-state index contributed by atoms with van der Waals surface area (Å²) in [6.07, 6.45) is 3.25. The van der Waals surface area contributed by atoms with Crippen LogP contribution in [-0.4, -0.2) is 27.9 Å². The Morgan fingerprint density at radius 3 is 2.68 bits per heavy atom. The number of thioether (sulfide) groups is 1. The van der Waals surface area contributed by atoms with Crippen LogP contribution in [0, 0.1) is 0 Å². The summed E-state index contributed by atoms with van der Waals surface area (Å²) in [6, 6.07) is 1.76. The molecule has 0 saturated heterocycles. The van der Waals surface area contributed by atoms with Crippen molar-refractivity contribution in [3.8, 4) is 0 Å². The van der Waals surface area contributed by atoms with E-state index in [0.29, 0.717) is 5.03 Å². The van der Waals surface area contributed by atoms with Crippen molar-refractivity contribution < 1.29 is 14.0 Å². The number of nitrogens with two attached hydrogens (primary N) is 1. The molecule has 0 saturated carbocycles. The van der Waals surface area contributed by atoms with Gasteiger partial charge in [0.05, 0.1) is 6.26 Å². The van der Waals surface area contributed by atoms with Crippen LogP contribution < -0.4 is 11.1 Å². The molecule has 0 atom stereocenters. The van der Waals surface area contributed by atoms with Crippen LogP contribution in [0.1, 0.15) is 46.2 Å². The third-order valence-electron chi connectivity index (χ3n) is 3.21. The lowest BCUT2D eigenvalue weighted by molar-refractivity contribution is 0.0994. The molecule has 0 fully saturated rings. The number of primary amides is 1. The van der Waals surface area contributed by atoms with Crippen molar-refractivity contribution in [3.63, 3.8) is 0 Å². The van der Waals surface area contributed by atoms with Gasteiger partial charge in [0, 0.05) is 12.6 Å². The standard InChI is InChI=1S/C14H18N4O3S/c1-7(2)8-5-6-21-10(8)13(20)16-12-9(11(15)19)14(22-4)17-18(12)3/h5-7H,1-4H3,(H2,15,19)(H,16,20). The van der Waals surface area contributed by atoms with E-state index in [1.807, 2.05) is 13.8 Å². The summed E-state index contributed by atoms with van der Waals surface area (Å²) in [5.41, 5.74) is 6.39. The third kappa shape index (κ3) is 2.87. The molecule has 22 heavy (non-hydrogen) atoms. The number of carbonyl (C=O) groups is 2. The number of hydrogen-bond donors (Lipinski definition) is 2. The number of aromatic nitrogens is 2. The molecule has 0 radical (unpaired) electrons. The molecule has 0 aliphatic heterocycles. The lowest BCUT2D eigenvalue weighted by atomic mass is 10.0. The highest BCUT2D eigenvalue weighted by atomic mass is 32.2. The van der Waals surface area contributed by atoms with E-state index in [2.05, 4.69) is 10.4 Å². The Hall–Kier alpha value is -2.22. The molecule has 2 aromatic rings. The van der Waals surface area contributed by atoms with Crippen molar-refractivity contribution >= 4 is 29.4 Å². The van der Waals surface area contributed by atoms with E-state index in [4.69, 9.17) is 10.2 Å². The van der Waals surface area contributed by atoms with Gasteiger partial charge in [-0.1, -0.05) is 13.8 Å². The molecule has 0 aromatic carbocycles. The number of nitrogens with one attached hydrogen (secondary N) is 1. The Kier molecular flexibility index (Phi) is 4.60. The Morgan fingerprint density at radius 2 is 2.14 bits per heavy atom. The summed E-state index contributed by atoms with van der Waals surface area (Å²) in [6.45, 7) is 3.93. The van der Waals surface area contributed by atoms with Gasteiger partial charge in [0.15, 0.2) is 5.76 Å². The number of anilines is 1. The van der Waals surface area contributed by atoms with Crippen LogP contribution in [0.3, 0.4) is 0 Å². The maximum atomic E-state index is 12.4. The van der Waals surface area contributed by atoms with Crippen molar-refractivity contribution in [1.29, 1.82) is 0 Å². The van der Waals surface area contributed by atoms with Crippen LogP contribution in [-0.2, 0) is 7.05 Å². The van der Waals surface area contributed by atoms with Gasteiger partial charge in [-0.15, -0.1) is 11.8 Å². The Morgan fingerprint density at radius 1 is 1.45 bits per heavy atom. The largest absolute Gasteiger partial charge is 0.459 e. The van der Waals surface area contributed by atoms with Crippen molar-refractivity contribution in [1.82, 2.24) is 9.78 Å². The molecule has 0 spiro atoms. The summed E-state index contributed by atoms with van der Waals surface area (Å²) >= 11 is 1.28. The fourth-order valence-corrected chi connectivity index (χ4v) is 2.74. The van der Waals surface area contributed by atoms with Gasteiger partial charge < -0.3 is 15.5 Å². The predicted molar refractivity (Wildman–Crippen MR) is 84.3 cm³/mol. The molecule has 8 heteroatoms. The van der Waals surface area contributed by atoms with E-state index < -0.39 is 11.8 Å². The quantitative estimate of drug-likeness (QED) is 0.821. The van der Waals surface area contributed by atoms with Crippen molar-refractivity contribution in [2.24, 2.45) is 12.8 Å². The number of nitrogens with zero attached hydrogens (tertiary/aromatic N) is 2. The average molecular weight is 322 g/mol. The molecule has 2 amide bonds. The second-order valence-corrected chi connectivity index (χ2v) is 5.83. The highest BCUT2D eigenvalue weighted by molar-refractivity contribution is 7.98. The minimum Gasteiger partial charge on any atom is -0.459 e. The van der Waals surface area contributed by atoms with E-state index in [-0.39, 0.29) is 23.1 Å². The molecule has 0 aliphatic carbocycles. The zero-order chi connectivity index (χ0) is 16.4. The average Bonchev–Trinajstić information content (AvgIpc) is 3.04. The van der Waals surface area contributed by atoms with Gasteiger partial charge in [0.25, 0.3) is 11.8 Å². The molecule has 118 valence electrons. The normalized spacial score (nSPS) is 11.0. The zero-order valence-corrected chi connectivity index (χ0v) is 13.7. The fraction of sp³-hybridized carbons (Fsp3) is 0.357. The lowest BCUT2D eigenvalue weighted by Crippen LogP contribution is -2.20. The van der Waals surface area contributed by atoms with Crippen LogP contribution in [0.4, 0.5) is 5.82 Å². The van der Waals surface area contributed by atoms with E-state index >= 15 is 0 Å². The molecule has 3 N–H and O–H groups in total. The maximum Gasteiger partial charge on any atom is 0.292 e. The summed E-state index contributed by atoms with van der Waals surface area (Å²) < 4.78 is 6.69. The second kappa shape index (κ2) is 6.27. The van der Waals surface area contributed by atoms with Crippen LogP contribution in [0.2, 0.25) is 0 Å². The Bertz CT molecular complexity index is 718. The number of aryl methyl sites for hydroxylation is 1. The second-order valence-electron chi connectivity index (χ2n) is 5.03. The molecule has 2 heterocycles. The number of amides is 2. The van der Waals surface area contributed by atoms with Crippen LogP contribution in [0.5, 0.6) is 0 Å². The topological polar surface area (TPSA) is 103 Å². The number of furan rings is 1. The number of carbonyl (C=O) groups excluding carboxylic acids is 2. The lowest BCUT2D eigenvalue weighted by Gasteiger charge is -2.08. The van der Waals surface area contributed by atoms with E-state index in [9.17, 15) is 9.59 Å². The first-order chi connectivity index (χ1) is 10.4. The maximum absolute atomic E-state index is 12.4. The van der Waals surface area contributed by atoms with E-state index in [0.717, 1.165) is 5.56 Å². The molecule has 7 nitrogen and oxygen atoms in total. The molecular formula is C14H18N4O3S. The first kappa shape index (κ1) is 16.2. The minimum absolute atomic E-state index is 0.142. The summed E-state index contributed by atoms with van der Waals surface area (Å²) in [7, 11) is 1.63. The van der Waals surface area contributed by atoms with Crippen molar-refractivity contribution in [2.75, 3.05) is 11.6 Å². The summed E-state index contributed by atoms with van der Waals surface area (Å²) in [5, 5.41) is 7.31. The summed E-state index contributed by atoms with van der Waals surface area (Å²) in [4.78, 5) is 24.1. The molecule has 2 rings (SSSR count). The van der Waals surface area contributed by atoms with Crippen LogP contribution >= 0.6 is 11.8 Å². The van der Waals surface area contributed by atoms with Crippen molar-refractivity contribution in [3.05, 3.63) is 29.2 Å². The van der Waals surface area contributed by atoms with Crippen LogP contribution in [0.25, 0.3) is 0 Å². The minimum atomic E-state index is -0.642. The number of rotatable bonds is 5. The molecule has 0 bridgehead atoms. The molecule has 2 aromatic heterocycles. The van der Waals surface area contributed by atoms with Gasteiger partial charge in [-0.25, -0.2) is 0 Å². The van der Waals surface area contributed by atoms with Gasteiger partial charge in [0.2, 0.25) is 0 Å². The first-order valence-electron chi connectivity index (χ1n) is 6.66. The Labute approximate surface area is 132 Å². The van der Waals surface area contributed by atoms with Gasteiger partial charge in [-0.2, -0.15) is 5.10 Å². The third-order valence-corrected chi connectivity index (χ3v) is 3.88. The van der Waals surface area contributed by atoms with Gasteiger partial charge >= 0.3 is 0 Å². The van der Waals surface area contributed by atoms with Gasteiger partial charge in [-0.05, 0) is 18.2 Å². The molecular weight excluding hydrogens is 304 g/mol. The highest BCUT2D eigenvalue weighted by Crippen LogP contribution is 2.27. The SMILES string of the molecule is CSc1nn(C)c(NC(=O)c2occc2C(C)C)c1C(N)=O. The van der Waals surface area contributed by atoms with Crippen molar-refractivity contribution in [2.45, 2.75) is 24.8 Å². The summed E-state index contributed by atoms with van der Waals surface area (Å²) in [5.74, 6) is -0.461. The highest BCUT2D eigenvalue weighted by Gasteiger charge is 2.24. The molecule has 0 aliphatic rings. The van der Waals surface area contributed by atoms with Gasteiger partial charge in [-0.3, -0.25) is 14.3 Å². The number of hydrogen-bond acceptors (Lipinski definition) is 5. The van der Waals surface area contributed by atoms with Crippen LogP contribution in [0.15, 0.2) is 21.8 Å². The fourth-order valence-electron chi connectivity index (χ4n) is 2.13. The van der Waals surface area contributed by atoms with E-state index in [1.165, 1.54) is 22.7 Å². The first-order valence-corrected chi connectivity index (χ1v) is 7.88. The Balaban J connectivity index is 2.38. The van der Waals surface area contributed by atoms with E-state index in [1.54, 1.807) is 19.4 Å². The van der Waals surface area contributed by atoms with Gasteiger partial charge in [0.1, 0.15) is 16.4 Å². The zero-order valence-electron chi connectivity index (χ0n) is 12.8. The smallest absolute Gasteiger partial charge is 0.292 e. The molecule has 0 unspecified atom stereocenters. The predicted octanol–water partition coefficient (Wildman–Crippen LogP) is 2.21.